The Hall–Kier alpha value is -0.570. The second-order valence-corrected chi connectivity index (χ2v) is 5.71. The van der Waals surface area contributed by atoms with Crippen molar-refractivity contribution in [3.63, 3.8) is 0 Å². The predicted molar refractivity (Wildman–Crippen MR) is 53.4 cm³/mol. The molecule has 80 valence electrons. The standard InChI is InChI=1S/C11H19NO2/c1-9(2)10(3)4-5-11(9,8(12)14)6-7(10)13/h7,13H,4-6H2,1-3H3,(H2,12,14)/t7-,10+,11+/m0/s1. The highest BCUT2D eigenvalue weighted by Gasteiger charge is 2.71. The van der Waals surface area contributed by atoms with E-state index in [1.807, 2.05) is 0 Å². The molecular weight excluding hydrogens is 178 g/mol. The Kier molecular flexibility index (Phi) is 1.65. The first-order valence-electron chi connectivity index (χ1n) is 5.26. The van der Waals surface area contributed by atoms with E-state index in [0.717, 1.165) is 12.8 Å². The summed E-state index contributed by atoms with van der Waals surface area (Å²) in [5, 5.41) is 10.0. The van der Waals surface area contributed by atoms with Crippen molar-refractivity contribution >= 4 is 5.91 Å². The van der Waals surface area contributed by atoms with Gasteiger partial charge in [0.05, 0.1) is 11.5 Å². The molecule has 3 nitrogen and oxygen atoms in total. The molecule has 2 bridgehead atoms. The van der Waals surface area contributed by atoms with Crippen molar-refractivity contribution in [1.29, 1.82) is 0 Å². The summed E-state index contributed by atoms with van der Waals surface area (Å²) in [6.07, 6.45) is 1.91. The maximum Gasteiger partial charge on any atom is 0.224 e. The van der Waals surface area contributed by atoms with E-state index in [-0.39, 0.29) is 22.8 Å². The fourth-order valence-corrected chi connectivity index (χ4v) is 3.67. The van der Waals surface area contributed by atoms with Gasteiger partial charge in [0.15, 0.2) is 0 Å². The molecule has 1 amide bonds. The van der Waals surface area contributed by atoms with Crippen molar-refractivity contribution in [3.05, 3.63) is 0 Å². The van der Waals surface area contributed by atoms with Crippen molar-refractivity contribution in [2.24, 2.45) is 22.0 Å². The topological polar surface area (TPSA) is 63.3 Å². The van der Waals surface area contributed by atoms with Gasteiger partial charge in [-0.1, -0.05) is 20.8 Å². The summed E-state index contributed by atoms with van der Waals surface area (Å²) in [6, 6.07) is 0. The summed E-state index contributed by atoms with van der Waals surface area (Å²) in [4.78, 5) is 11.6. The zero-order valence-electron chi connectivity index (χ0n) is 9.13. The number of carbonyl (C=O) groups is 1. The van der Waals surface area contributed by atoms with E-state index in [9.17, 15) is 9.90 Å². The minimum Gasteiger partial charge on any atom is -0.393 e. The third-order valence-electron chi connectivity index (χ3n) is 5.44. The molecule has 3 heteroatoms. The molecule has 2 fully saturated rings. The van der Waals surface area contributed by atoms with Gasteiger partial charge in [0.1, 0.15) is 0 Å². The summed E-state index contributed by atoms with van der Waals surface area (Å²) >= 11 is 0. The van der Waals surface area contributed by atoms with Crippen LogP contribution in [0.2, 0.25) is 0 Å². The number of hydrogen-bond donors (Lipinski definition) is 2. The second-order valence-electron chi connectivity index (χ2n) is 5.71. The Morgan fingerprint density at radius 2 is 1.93 bits per heavy atom. The van der Waals surface area contributed by atoms with Crippen LogP contribution in [0.15, 0.2) is 0 Å². The molecule has 2 rings (SSSR count). The van der Waals surface area contributed by atoms with Crippen LogP contribution in [0.25, 0.3) is 0 Å². The van der Waals surface area contributed by atoms with Gasteiger partial charge in [-0.15, -0.1) is 0 Å². The van der Waals surface area contributed by atoms with E-state index in [2.05, 4.69) is 20.8 Å². The zero-order valence-corrected chi connectivity index (χ0v) is 9.13. The number of carbonyl (C=O) groups excluding carboxylic acids is 1. The fourth-order valence-electron chi connectivity index (χ4n) is 3.67. The second kappa shape index (κ2) is 2.32. The Labute approximate surface area is 84.7 Å². The zero-order chi connectivity index (χ0) is 10.8. The number of aliphatic hydroxyl groups excluding tert-OH is 1. The number of rotatable bonds is 1. The number of aliphatic hydroxyl groups is 1. The third kappa shape index (κ3) is 0.724. The molecule has 0 unspecified atom stereocenters. The van der Waals surface area contributed by atoms with Crippen molar-refractivity contribution in [1.82, 2.24) is 0 Å². The number of nitrogens with two attached hydrogens (primary N) is 1. The van der Waals surface area contributed by atoms with Gasteiger partial charge < -0.3 is 10.8 Å². The molecule has 3 N–H and O–H groups in total. The number of hydrogen-bond acceptors (Lipinski definition) is 2. The molecule has 3 atom stereocenters. The van der Waals surface area contributed by atoms with Crippen LogP contribution in [0.1, 0.15) is 40.0 Å². The van der Waals surface area contributed by atoms with E-state index in [1.165, 1.54) is 0 Å². The molecule has 0 radical (unpaired) electrons. The molecule has 0 aromatic heterocycles. The van der Waals surface area contributed by atoms with Crippen LogP contribution in [0.5, 0.6) is 0 Å². The lowest BCUT2D eigenvalue weighted by Gasteiger charge is -2.39. The molecule has 0 aromatic carbocycles. The smallest absolute Gasteiger partial charge is 0.224 e. The van der Waals surface area contributed by atoms with Gasteiger partial charge in [0, 0.05) is 0 Å². The van der Waals surface area contributed by atoms with E-state index in [4.69, 9.17) is 5.73 Å². The minimum atomic E-state index is -0.471. The Balaban J connectivity index is 2.54. The van der Waals surface area contributed by atoms with Gasteiger partial charge in [-0.25, -0.2) is 0 Å². The van der Waals surface area contributed by atoms with Gasteiger partial charge in [-0.2, -0.15) is 0 Å². The van der Waals surface area contributed by atoms with Crippen LogP contribution in [-0.4, -0.2) is 17.1 Å². The highest BCUT2D eigenvalue weighted by atomic mass is 16.3. The Morgan fingerprint density at radius 1 is 1.36 bits per heavy atom. The summed E-state index contributed by atoms with van der Waals surface area (Å²) in [7, 11) is 0. The quantitative estimate of drug-likeness (QED) is 0.660. The highest BCUT2D eigenvalue weighted by molar-refractivity contribution is 5.83. The third-order valence-corrected chi connectivity index (χ3v) is 5.44. The monoisotopic (exact) mass is 197 g/mol. The first-order valence-corrected chi connectivity index (χ1v) is 5.26. The van der Waals surface area contributed by atoms with Crippen LogP contribution < -0.4 is 5.73 Å². The van der Waals surface area contributed by atoms with Crippen LogP contribution in [0.3, 0.4) is 0 Å². The first-order chi connectivity index (χ1) is 6.28. The van der Waals surface area contributed by atoms with Gasteiger partial charge in [-0.3, -0.25) is 4.79 Å². The van der Waals surface area contributed by atoms with Gasteiger partial charge in [-0.05, 0) is 30.1 Å². The number of primary amides is 1. The summed E-state index contributed by atoms with van der Waals surface area (Å²) in [5.41, 5.74) is 4.73. The molecule has 0 aliphatic heterocycles. The van der Waals surface area contributed by atoms with Crippen LogP contribution >= 0.6 is 0 Å². The van der Waals surface area contributed by atoms with Crippen molar-refractivity contribution < 1.29 is 9.90 Å². The van der Waals surface area contributed by atoms with Gasteiger partial charge >= 0.3 is 0 Å². The molecule has 0 spiro atoms. The predicted octanol–water partition coefficient (Wildman–Crippen LogP) is 1.05. The van der Waals surface area contributed by atoms with E-state index < -0.39 is 5.41 Å². The van der Waals surface area contributed by atoms with Gasteiger partial charge in [0.25, 0.3) is 0 Å². The lowest BCUT2D eigenvalue weighted by atomic mass is 9.64. The molecule has 2 aliphatic rings. The normalized spacial score (nSPS) is 49.6. The first kappa shape index (κ1) is 9.97. The minimum absolute atomic E-state index is 0.137. The summed E-state index contributed by atoms with van der Waals surface area (Å²) in [5.74, 6) is -0.234. The van der Waals surface area contributed by atoms with Gasteiger partial charge in [0.2, 0.25) is 5.91 Å². The number of amides is 1. The van der Waals surface area contributed by atoms with Crippen LogP contribution in [0, 0.1) is 16.2 Å². The summed E-state index contributed by atoms with van der Waals surface area (Å²) < 4.78 is 0. The largest absolute Gasteiger partial charge is 0.393 e. The lowest BCUT2D eigenvalue weighted by molar-refractivity contribution is -0.132. The molecule has 14 heavy (non-hydrogen) atoms. The van der Waals surface area contributed by atoms with Crippen molar-refractivity contribution in [2.45, 2.75) is 46.1 Å². The molecule has 2 aliphatic carbocycles. The van der Waals surface area contributed by atoms with E-state index >= 15 is 0 Å². The Bertz CT molecular complexity index is 300. The Morgan fingerprint density at radius 3 is 2.14 bits per heavy atom. The molecule has 0 aromatic rings. The fraction of sp³-hybridized carbons (Fsp3) is 0.909. The maximum absolute atomic E-state index is 11.6. The molecule has 0 saturated heterocycles. The molecular formula is C11H19NO2. The average molecular weight is 197 g/mol. The lowest BCUT2D eigenvalue weighted by Crippen LogP contribution is -2.44. The SMILES string of the molecule is CC1(C)[C@]2(C(N)=O)CC[C@]1(C)[C@@H](O)C2. The maximum atomic E-state index is 11.6. The van der Waals surface area contributed by atoms with E-state index in [0.29, 0.717) is 6.42 Å². The van der Waals surface area contributed by atoms with Crippen molar-refractivity contribution in [3.8, 4) is 0 Å². The van der Waals surface area contributed by atoms with E-state index in [1.54, 1.807) is 0 Å². The van der Waals surface area contributed by atoms with Crippen LogP contribution in [-0.2, 0) is 4.79 Å². The highest BCUT2D eigenvalue weighted by Crippen LogP contribution is 2.71. The number of fused-ring (bicyclic) bond motifs is 2. The molecule has 2 saturated carbocycles. The average Bonchev–Trinajstić information content (AvgIpc) is 2.34. The van der Waals surface area contributed by atoms with Crippen molar-refractivity contribution in [2.75, 3.05) is 0 Å². The van der Waals surface area contributed by atoms with Crippen LogP contribution in [0.4, 0.5) is 0 Å². The molecule has 0 heterocycles. The summed E-state index contributed by atoms with van der Waals surface area (Å²) in [6.45, 7) is 6.22.